The number of benzene rings is 2. The fourth-order valence-corrected chi connectivity index (χ4v) is 2.28. The van der Waals surface area contributed by atoms with Gasteiger partial charge in [0.1, 0.15) is 5.82 Å². The number of carbonyl (C=O) groups excluding carboxylic acids is 2. The van der Waals surface area contributed by atoms with E-state index in [1.165, 1.54) is 12.1 Å². The van der Waals surface area contributed by atoms with Crippen molar-refractivity contribution in [1.82, 2.24) is 4.90 Å². The van der Waals surface area contributed by atoms with Crippen molar-refractivity contribution in [1.29, 1.82) is 0 Å². The zero-order valence-corrected chi connectivity index (χ0v) is 10.5. The minimum absolute atomic E-state index is 0.103. The zero-order chi connectivity index (χ0) is 14.3. The normalized spacial score (nSPS) is 13.8. The van der Waals surface area contributed by atoms with Crippen LogP contribution in [0.25, 0.3) is 0 Å². The zero-order valence-electron chi connectivity index (χ0n) is 10.5. The van der Waals surface area contributed by atoms with Gasteiger partial charge in [-0.15, -0.1) is 0 Å². The lowest BCUT2D eigenvalue weighted by Crippen LogP contribution is -2.29. The predicted octanol–water partition coefficient (Wildman–Crippen LogP) is 2.20. The number of nitrogen functional groups attached to an aromatic ring is 1. The number of hydrogen-bond acceptors (Lipinski definition) is 3. The Morgan fingerprint density at radius 2 is 1.70 bits per heavy atom. The van der Waals surface area contributed by atoms with Crippen molar-refractivity contribution in [3.05, 3.63) is 65.0 Å². The van der Waals surface area contributed by atoms with Crippen molar-refractivity contribution < 1.29 is 14.0 Å². The summed E-state index contributed by atoms with van der Waals surface area (Å²) in [5, 5.41) is 0. The summed E-state index contributed by atoms with van der Waals surface area (Å²) >= 11 is 0. The van der Waals surface area contributed by atoms with Gasteiger partial charge in [0.2, 0.25) is 0 Å². The molecule has 0 saturated heterocycles. The minimum Gasteiger partial charge on any atom is -0.398 e. The average molecular weight is 270 g/mol. The second-order valence-corrected chi connectivity index (χ2v) is 4.59. The molecule has 100 valence electrons. The largest absolute Gasteiger partial charge is 0.398 e. The summed E-state index contributed by atoms with van der Waals surface area (Å²) in [6, 6.07) is 10.5. The van der Waals surface area contributed by atoms with Gasteiger partial charge in [-0.25, -0.2) is 4.39 Å². The lowest BCUT2D eigenvalue weighted by Gasteiger charge is -2.13. The number of anilines is 1. The van der Waals surface area contributed by atoms with Crippen LogP contribution in [0.4, 0.5) is 10.1 Å². The Labute approximate surface area is 114 Å². The predicted molar refractivity (Wildman–Crippen MR) is 71.5 cm³/mol. The molecule has 2 amide bonds. The number of hydrogen-bond donors (Lipinski definition) is 1. The van der Waals surface area contributed by atoms with Crippen LogP contribution in [-0.4, -0.2) is 16.7 Å². The van der Waals surface area contributed by atoms with E-state index < -0.39 is 5.91 Å². The van der Waals surface area contributed by atoms with Crippen LogP contribution in [0, 0.1) is 5.82 Å². The van der Waals surface area contributed by atoms with Crippen molar-refractivity contribution in [2.45, 2.75) is 6.54 Å². The lowest BCUT2D eigenvalue weighted by atomic mass is 10.1. The van der Waals surface area contributed by atoms with Gasteiger partial charge in [-0.05, 0) is 29.8 Å². The third kappa shape index (κ3) is 1.84. The van der Waals surface area contributed by atoms with Crippen LogP contribution in [0.2, 0.25) is 0 Å². The van der Waals surface area contributed by atoms with Crippen molar-refractivity contribution in [3.63, 3.8) is 0 Å². The van der Waals surface area contributed by atoms with E-state index in [0.717, 1.165) is 4.90 Å². The SMILES string of the molecule is Nc1cccc2c1C(=O)N(Cc1ccc(F)cc1)C2=O. The molecule has 2 N–H and O–H groups in total. The van der Waals surface area contributed by atoms with E-state index in [0.29, 0.717) is 16.8 Å². The highest BCUT2D eigenvalue weighted by atomic mass is 19.1. The molecule has 2 aromatic rings. The van der Waals surface area contributed by atoms with E-state index in [1.54, 1.807) is 30.3 Å². The first kappa shape index (κ1) is 12.3. The van der Waals surface area contributed by atoms with Crippen molar-refractivity contribution in [2.24, 2.45) is 0 Å². The summed E-state index contributed by atoms with van der Waals surface area (Å²) in [5.41, 5.74) is 7.29. The monoisotopic (exact) mass is 270 g/mol. The highest BCUT2D eigenvalue weighted by molar-refractivity contribution is 6.23. The molecule has 2 aromatic carbocycles. The topological polar surface area (TPSA) is 63.4 Å². The maximum absolute atomic E-state index is 12.9. The Balaban J connectivity index is 1.94. The number of fused-ring (bicyclic) bond motifs is 1. The fraction of sp³-hybridized carbons (Fsp3) is 0.0667. The highest BCUT2D eigenvalue weighted by Gasteiger charge is 2.36. The summed E-state index contributed by atoms with van der Waals surface area (Å²) in [4.78, 5) is 25.6. The first-order valence-electron chi connectivity index (χ1n) is 6.07. The number of nitrogens with zero attached hydrogens (tertiary/aromatic N) is 1. The van der Waals surface area contributed by atoms with Crippen LogP contribution < -0.4 is 5.73 Å². The molecule has 0 aromatic heterocycles. The number of nitrogens with two attached hydrogens (primary N) is 1. The molecule has 0 unspecified atom stereocenters. The van der Waals surface area contributed by atoms with Crippen LogP contribution in [0.5, 0.6) is 0 Å². The Bertz CT molecular complexity index is 710. The van der Waals surface area contributed by atoms with Crippen molar-refractivity contribution >= 4 is 17.5 Å². The van der Waals surface area contributed by atoms with Crippen molar-refractivity contribution in [3.8, 4) is 0 Å². The first-order chi connectivity index (χ1) is 9.58. The van der Waals surface area contributed by atoms with Gasteiger partial charge in [0.25, 0.3) is 11.8 Å². The van der Waals surface area contributed by atoms with E-state index in [1.807, 2.05) is 0 Å². The Hall–Kier alpha value is -2.69. The van der Waals surface area contributed by atoms with E-state index in [9.17, 15) is 14.0 Å². The van der Waals surface area contributed by atoms with Gasteiger partial charge < -0.3 is 5.73 Å². The second-order valence-electron chi connectivity index (χ2n) is 4.59. The van der Waals surface area contributed by atoms with Crippen LogP contribution >= 0.6 is 0 Å². The number of carbonyl (C=O) groups is 2. The molecule has 1 heterocycles. The molecule has 5 heteroatoms. The van der Waals surface area contributed by atoms with Crippen LogP contribution in [0.3, 0.4) is 0 Å². The van der Waals surface area contributed by atoms with E-state index in [2.05, 4.69) is 0 Å². The van der Waals surface area contributed by atoms with E-state index in [-0.39, 0.29) is 23.8 Å². The molecule has 0 saturated carbocycles. The second kappa shape index (κ2) is 4.45. The summed E-state index contributed by atoms with van der Waals surface area (Å²) in [5.74, 6) is -1.14. The van der Waals surface area contributed by atoms with Gasteiger partial charge in [-0.2, -0.15) is 0 Å². The fourth-order valence-electron chi connectivity index (χ4n) is 2.28. The summed E-state index contributed by atoms with van der Waals surface area (Å²) < 4.78 is 12.9. The number of rotatable bonds is 2. The molecule has 0 aliphatic carbocycles. The number of imide groups is 1. The molecule has 3 rings (SSSR count). The number of halogens is 1. The number of amides is 2. The molecule has 0 radical (unpaired) electrons. The standard InChI is InChI=1S/C15H11FN2O2/c16-10-6-4-9(5-7-10)8-18-14(19)11-2-1-3-12(17)13(11)15(18)20/h1-7H,8,17H2. The molecule has 1 aliphatic heterocycles. The summed E-state index contributed by atoms with van der Waals surface area (Å²) in [6.07, 6.45) is 0. The summed E-state index contributed by atoms with van der Waals surface area (Å²) in [6.45, 7) is 0.103. The highest BCUT2D eigenvalue weighted by Crippen LogP contribution is 2.28. The maximum Gasteiger partial charge on any atom is 0.263 e. The van der Waals surface area contributed by atoms with Gasteiger partial charge >= 0.3 is 0 Å². The molecular formula is C15H11FN2O2. The van der Waals surface area contributed by atoms with Gasteiger partial charge in [0.05, 0.1) is 17.7 Å². The quantitative estimate of drug-likeness (QED) is 0.672. The van der Waals surface area contributed by atoms with Crippen LogP contribution in [0.1, 0.15) is 26.3 Å². The average Bonchev–Trinajstić information content (AvgIpc) is 2.67. The molecule has 0 atom stereocenters. The third-order valence-electron chi connectivity index (χ3n) is 3.29. The van der Waals surface area contributed by atoms with Crippen LogP contribution in [-0.2, 0) is 6.54 Å². The summed E-state index contributed by atoms with van der Waals surface area (Å²) in [7, 11) is 0. The van der Waals surface area contributed by atoms with Gasteiger partial charge in [-0.1, -0.05) is 18.2 Å². The van der Waals surface area contributed by atoms with Crippen LogP contribution in [0.15, 0.2) is 42.5 Å². The van der Waals surface area contributed by atoms with Crippen molar-refractivity contribution in [2.75, 3.05) is 5.73 Å². The minimum atomic E-state index is -0.410. The molecule has 1 aliphatic rings. The van der Waals surface area contributed by atoms with Gasteiger partial charge in [-0.3, -0.25) is 14.5 Å². The smallest absolute Gasteiger partial charge is 0.263 e. The van der Waals surface area contributed by atoms with Gasteiger partial charge in [0, 0.05) is 5.69 Å². The van der Waals surface area contributed by atoms with E-state index >= 15 is 0 Å². The Morgan fingerprint density at radius 3 is 2.35 bits per heavy atom. The molecule has 0 fully saturated rings. The van der Waals surface area contributed by atoms with Gasteiger partial charge in [0.15, 0.2) is 0 Å². The first-order valence-corrected chi connectivity index (χ1v) is 6.07. The molecule has 0 bridgehead atoms. The van der Waals surface area contributed by atoms with E-state index in [4.69, 9.17) is 5.73 Å². The molecule has 0 spiro atoms. The molecule has 20 heavy (non-hydrogen) atoms. The third-order valence-corrected chi connectivity index (χ3v) is 3.29. The molecule has 4 nitrogen and oxygen atoms in total. The lowest BCUT2D eigenvalue weighted by molar-refractivity contribution is 0.0642. The Kier molecular flexibility index (Phi) is 2.75. The maximum atomic E-state index is 12.9. The Morgan fingerprint density at radius 1 is 1.00 bits per heavy atom. The molecular weight excluding hydrogens is 259 g/mol.